The van der Waals surface area contributed by atoms with Crippen LogP contribution < -0.4 is 0 Å². The molecule has 0 bridgehead atoms. The van der Waals surface area contributed by atoms with Crippen molar-refractivity contribution in [2.24, 2.45) is 0 Å². The molecule has 0 rings (SSSR count). The zero-order valence-corrected chi connectivity index (χ0v) is 19.9. The van der Waals surface area contributed by atoms with Crippen LogP contribution in [0.5, 0.6) is 0 Å². The molecule has 0 aliphatic heterocycles. The minimum atomic E-state index is -0.677. The minimum absolute atomic E-state index is 0.0127. The van der Waals surface area contributed by atoms with Gasteiger partial charge in [-0.1, -0.05) is 116 Å². The van der Waals surface area contributed by atoms with E-state index in [0.717, 1.165) is 44.9 Å². The minimum Gasteiger partial charge on any atom is -0.481 e. The lowest BCUT2D eigenvalue weighted by Gasteiger charge is -2.05. The van der Waals surface area contributed by atoms with E-state index in [0.29, 0.717) is 19.4 Å². The maximum atomic E-state index is 11.7. The first-order chi connectivity index (χ1) is 14.7. The number of hydrogen-bond donors (Lipinski definition) is 1. The standard InChI is InChI=1S/C26H50O4/c1-2-3-4-5-6-10-14-17-20-23-26(29)30-24-21-18-15-12-9-7-8-11-13-16-19-22-25(27)28/h2-24H2,1H3,(H,27,28). The van der Waals surface area contributed by atoms with Gasteiger partial charge in [-0.25, -0.2) is 0 Å². The maximum Gasteiger partial charge on any atom is 0.305 e. The van der Waals surface area contributed by atoms with Gasteiger partial charge in [0.05, 0.1) is 6.61 Å². The Kier molecular flexibility index (Phi) is 23.4. The highest BCUT2D eigenvalue weighted by molar-refractivity contribution is 5.69. The van der Waals surface area contributed by atoms with E-state index < -0.39 is 5.97 Å². The normalized spacial score (nSPS) is 11.0. The summed E-state index contributed by atoms with van der Waals surface area (Å²) in [5.41, 5.74) is 0. The van der Waals surface area contributed by atoms with Crippen molar-refractivity contribution in [3.05, 3.63) is 0 Å². The number of rotatable bonds is 24. The number of unbranched alkanes of at least 4 members (excludes halogenated alkanes) is 18. The van der Waals surface area contributed by atoms with Crippen molar-refractivity contribution < 1.29 is 19.4 Å². The van der Waals surface area contributed by atoms with E-state index in [1.165, 1.54) is 83.5 Å². The van der Waals surface area contributed by atoms with Crippen LogP contribution in [0.2, 0.25) is 0 Å². The SMILES string of the molecule is CCCCCCCCCCCC(=O)OCCCCCCCCCCCCCC(=O)O. The Morgan fingerprint density at radius 1 is 0.533 bits per heavy atom. The predicted octanol–water partition coefficient (Wildman–Crippen LogP) is 8.22. The molecule has 0 atom stereocenters. The molecule has 4 nitrogen and oxygen atoms in total. The van der Waals surface area contributed by atoms with Gasteiger partial charge in [-0.15, -0.1) is 0 Å². The number of carbonyl (C=O) groups excluding carboxylic acids is 1. The predicted molar refractivity (Wildman–Crippen MR) is 126 cm³/mol. The largest absolute Gasteiger partial charge is 0.481 e. The molecule has 0 aliphatic rings. The Labute approximate surface area is 186 Å². The molecule has 0 unspecified atom stereocenters. The number of esters is 1. The summed E-state index contributed by atoms with van der Waals surface area (Å²) in [5.74, 6) is -0.690. The molecule has 0 heterocycles. The summed E-state index contributed by atoms with van der Waals surface area (Å²) in [6.07, 6.45) is 25.1. The number of carboxylic acids is 1. The molecule has 0 radical (unpaired) electrons. The van der Waals surface area contributed by atoms with Crippen LogP contribution in [0, 0.1) is 0 Å². The fraction of sp³-hybridized carbons (Fsp3) is 0.923. The van der Waals surface area contributed by atoms with E-state index in [9.17, 15) is 9.59 Å². The van der Waals surface area contributed by atoms with Gasteiger partial charge < -0.3 is 9.84 Å². The van der Waals surface area contributed by atoms with Crippen LogP contribution in [-0.2, 0) is 14.3 Å². The van der Waals surface area contributed by atoms with Crippen molar-refractivity contribution in [1.82, 2.24) is 0 Å². The third-order valence-corrected chi connectivity index (χ3v) is 5.78. The monoisotopic (exact) mass is 426 g/mol. The molecular weight excluding hydrogens is 376 g/mol. The Balaban J connectivity index is 3.15. The molecule has 0 spiro atoms. The van der Waals surface area contributed by atoms with Crippen molar-refractivity contribution in [3.8, 4) is 0 Å². The lowest BCUT2D eigenvalue weighted by atomic mass is 10.1. The van der Waals surface area contributed by atoms with Crippen molar-refractivity contribution in [2.45, 2.75) is 148 Å². The van der Waals surface area contributed by atoms with Crippen molar-refractivity contribution in [1.29, 1.82) is 0 Å². The Morgan fingerprint density at radius 3 is 1.33 bits per heavy atom. The van der Waals surface area contributed by atoms with E-state index >= 15 is 0 Å². The van der Waals surface area contributed by atoms with Gasteiger partial charge in [-0.3, -0.25) is 9.59 Å². The molecule has 1 N–H and O–H groups in total. The molecule has 0 fully saturated rings. The average molecular weight is 427 g/mol. The molecule has 0 aromatic rings. The lowest BCUT2D eigenvalue weighted by molar-refractivity contribution is -0.144. The molecule has 4 heteroatoms. The van der Waals surface area contributed by atoms with Crippen LogP contribution in [0.15, 0.2) is 0 Å². The zero-order valence-electron chi connectivity index (χ0n) is 19.9. The van der Waals surface area contributed by atoms with Gasteiger partial charge in [-0.2, -0.15) is 0 Å². The Bertz CT molecular complexity index is 381. The van der Waals surface area contributed by atoms with Crippen LogP contribution >= 0.6 is 0 Å². The summed E-state index contributed by atoms with van der Waals surface area (Å²) in [4.78, 5) is 22.1. The molecule has 0 amide bonds. The third-order valence-electron chi connectivity index (χ3n) is 5.78. The number of carboxylic acid groups (broad SMARTS) is 1. The van der Waals surface area contributed by atoms with Gasteiger partial charge in [-0.05, 0) is 19.3 Å². The van der Waals surface area contributed by atoms with Gasteiger partial charge in [0.2, 0.25) is 0 Å². The number of aliphatic carboxylic acids is 1. The molecule has 0 aromatic heterocycles. The summed E-state index contributed by atoms with van der Waals surface area (Å²) >= 11 is 0. The highest BCUT2D eigenvalue weighted by atomic mass is 16.5. The Hall–Kier alpha value is -1.06. The van der Waals surface area contributed by atoms with E-state index in [1.807, 2.05) is 0 Å². The smallest absolute Gasteiger partial charge is 0.305 e. The van der Waals surface area contributed by atoms with Gasteiger partial charge in [0, 0.05) is 12.8 Å². The first-order valence-electron chi connectivity index (χ1n) is 13.0. The highest BCUT2D eigenvalue weighted by Crippen LogP contribution is 2.13. The zero-order chi connectivity index (χ0) is 22.1. The molecule has 0 saturated carbocycles. The molecule has 0 aromatic carbocycles. The van der Waals surface area contributed by atoms with Crippen LogP contribution in [-0.4, -0.2) is 23.7 Å². The van der Waals surface area contributed by atoms with E-state index in [1.54, 1.807) is 0 Å². The van der Waals surface area contributed by atoms with E-state index in [4.69, 9.17) is 9.84 Å². The first kappa shape index (κ1) is 28.9. The van der Waals surface area contributed by atoms with Gasteiger partial charge >= 0.3 is 11.9 Å². The average Bonchev–Trinajstić information content (AvgIpc) is 2.72. The molecule has 0 saturated heterocycles. The highest BCUT2D eigenvalue weighted by Gasteiger charge is 2.02. The quantitative estimate of drug-likeness (QED) is 0.125. The lowest BCUT2D eigenvalue weighted by Crippen LogP contribution is -2.05. The number of carbonyl (C=O) groups is 2. The van der Waals surface area contributed by atoms with Crippen molar-refractivity contribution in [3.63, 3.8) is 0 Å². The fourth-order valence-corrected chi connectivity index (χ4v) is 3.81. The first-order valence-corrected chi connectivity index (χ1v) is 13.0. The van der Waals surface area contributed by atoms with Crippen LogP contribution in [0.4, 0.5) is 0 Å². The summed E-state index contributed by atoms with van der Waals surface area (Å²) in [7, 11) is 0. The van der Waals surface area contributed by atoms with Gasteiger partial charge in [0.1, 0.15) is 0 Å². The van der Waals surface area contributed by atoms with Crippen LogP contribution in [0.1, 0.15) is 148 Å². The summed E-state index contributed by atoms with van der Waals surface area (Å²) in [5, 5.41) is 8.58. The topological polar surface area (TPSA) is 63.6 Å². The van der Waals surface area contributed by atoms with Crippen LogP contribution in [0.25, 0.3) is 0 Å². The summed E-state index contributed by atoms with van der Waals surface area (Å²) < 4.78 is 5.34. The second kappa shape index (κ2) is 24.2. The summed E-state index contributed by atoms with van der Waals surface area (Å²) in [6, 6.07) is 0. The number of hydrogen-bond acceptors (Lipinski definition) is 3. The van der Waals surface area contributed by atoms with Gasteiger partial charge in [0.15, 0.2) is 0 Å². The van der Waals surface area contributed by atoms with Crippen LogP contribution in [0.3, 0.4) is 0 Å². The third kappa shape index (κ3) is 25.0. The van der Waals surface area contributed by atoms with Gasteiger partial charge in [0.25, 0.3) is 0 Å². The fourth-order valence-electron chi connectivity index (χ4n) is 3.81. The second-order valence-corrected chi connectivity index (χ2v) is 8.83. The van der Waals surface area contributed by atoms with E-state index in [2.05, 4.69) is 6.92 Å². The summed E-state index contributed by atoms with van der Waals surface area (Å²) in [6.45, 7) is 2.84. The molecular formula is C26H50O4. The second-order valence-electron chi connectivity index (χ2n) is 8.83. The molecule has 178 valence electrons. The van der Waals surface area contributed by atoms with Crippen molar-refractivity contribution >= 4 is 11.9 Å². The van der Waals surface area contributed by atoms with Crippen molar-refractivity contribution in [2.75, 3.05) is 6.61 Å². The van der Waals surface area contributed by atoms with E-state index in [-0.39, 0.29) is 5.97 Å². The Morgan fingerprint density at radius 2 is 0.900 bits per heavy atom. The maximum absolute atomic E-state index is 11.7. The number of ether oxygens (including phenoxy) is 1. The molecule has 30 heavy (non-hydrogen) atoms. The molecule has 0 aliphatic carbocycles.